The lowest BCUT2D eigenvalue weighted by molar-refractivity contribution is -0.141. The number of nitriles is 1. The molecule has 6 nitrogen and oxygen atoms in total. The minimum absolute atomic E-state index is 0.00608. The second kappa shape index (κ2) is 10.3. The number of halogens is 3. The van der Waals surface area contributed by atoms with Gasteiger partial charge in [0.15, 0.2) is 5.69 Å². The van der Waals surface area contributed by atoms with Crippen LogP contribution in [0.5, 0.6) is 0 Å². The van der Waals surface area contributed by atoms with Crippen LogP contribution >= 0.6 is 11.3 Å². The SMILES string of the molecule is CCn1cc(-c2ccccc2C2CN(C(=O)/C=C/CN(C)C)Cc3sc(C#N)cc32)c(C(F)(F)F)n1. The van der Waals surface area contributed by atoms with Crippen molar-refractivity contribution < 1.29 is 18.0 Å². The molecule has 36 heavy (non-hydrogen) atoms. The van der Waals surface area contributed by atoms with Crippen LogP contribution in [-0.2, 0) is 24.1 Å². The molecule has 1 aromatic carbocycles. The summed E-state index contributed by atoms with van der Waals surface area (Å²) in [7, 11) is 3.81. The molecule has 0 spiro atoms. The van der Waals surface area contributed by atoms with E-state index in [0.29, 0.717) is 42.2 Å². The highest BCUT2D eigenvalue weighted by molar-refractivity contribution is 7.12. The van der Waals surface area contributed by atoms with Crippen LogP contribution in [0.2, 0.25) is 0 Å². The van der Waals surface area contributed by atoms with Gasteiger partial charge in [-0.3, -0.25) is 9.48 Å². The molecule has 0 saturated carbocycles. The van der Waals surface area contributed by atoms with Gasteiger partial charge in [-0.25, -0.2) is 0 Å². The van der Waals surface area contributed by atoms with Gasteiger partial charge < -0.3 is 9.80 Å². The average molecular weight is 514 g/mol. The molecule has 0 aliphatic carbocycles. The van der Waals surface area contributed by atoms with Gasteiger partial charge in [-0.05, 0) is 43.8 Å². The van der Waals surface area contributed by atoms with Crippen molar-refractivity contribution >= 4 is 17.2 Å². The van der Waals surface area contributed by atoms with Crippen molar-refractivity contribution in [2.75, 3.05) is 27.2 Å². The van der Waals surface area contributed by atoms with Crippen LogP contribution in [-0.4, -0.2) is 52.7 Å². The third-order valence-corrected chi connectivity index (χ3v) is 7.13. The molecule has 3 heterocycles. The molecule has 2 aromatic heterocycles. The fourth-order valence-electron chi connectivity index (χ4n) is 4.41. The fourth-order valence-corrected chi connectivity index (χ4v) is 5.45. The van der Waals surface area contributed by atoms with Gasteiger partial charge in [0.05, 0.1) is 6.54 Å². The normalized spacial score (nSPS) is 15.9. The molecule has 0 bridgehead atoms. The Morgan fingerprint density at radius 3 is 2.69 bits per heavy atom. The lowest BCUT2D eigenvalue weighted by atomic mass is 9.83. The second-order valence-electron chi connectivity index (χ2n) is 8.87. The van der Waals surface area contributed by atoms with Crippen molar-refractivity contribution in [3.8, 4) is 17.2 Å². The van der Waals surface area contributed by atoms with E-state index in [1.807, 2.05) is 19.0 Å². The van der Waals surface area contributed by atoms with Crippen LogP contribution in [0.3, 0.4) is 0 Å². The summed E-state index contributed by atoms with van der Waals surface area (Å²) in [6.07, 6.45) is 0.118. The Balaban J connectivity index is 1.81. The van der Waals surface area contributed by atoms with Crippen LogP contribution in [0.4, 0.5) is 13.2 Å². The molecule has 3 aromatic rings. The van der Waals surface area contributed by atoms with E-state index in [9.17, 15) is 23.2 Å². The van der Waals surface area contributed by atoms with Crippen molar-refractivity contribution in [2.24, 2.45) is 0 Å². The minimum Gasteiger partial charge on any atom is -0.333 e. The summed E-state index contributed by atoms with van der Waals surface area (Å²) in [5.74, 6) is -0.563. The molecule has 0 radical (unpaired) electrons. The number of hydrogen-bond acceptors (Lipinski definition) is 5. The first-order chi connectivity index (χ1) is 17.1. The van der Waals surface area contributed by atoms with Crippen LogP contribution in [0.25, 0.3) is 11.1 Å². The zero-order chi connectivity index (χ0) is 26.0. The molecule has 1 amide bonds. The summed E-state index contributed by atoms with van der Waals surface area (Å²) in [4.78, 5) is 18.0. The van der Waals surface area contributed by atoms with Gasteiger partial charge >= 0.3 is 6.18 Å². The van der Waals surface area contributed by atoms with E-state index in [1.165, 1.54) is 28.3 Å². The predicted octanol–water partition coefficient (Wildman–Crippen LogP) is 5.11. The molecule has 1 aliphatic heterocycles. The monoisotopic (exact) mass is 513 g/mol. The van der Waals surface area contributed by atoms with E-state index in [0.717, 1.165) is 10.4 Å². The molecule has 10 heteroatoms. The zero-order valence-corrected chi connectivity index (χ0v) is 21.0. The van der Waals surface area contributed by atoms with Gasteiger partial charge in [-0.15, -0.1) is 11.3 Å². The third-order valence-electron chi connectivity index (χ3n) is 6.09. The first-order valence-corrected chi connectivity index (χ1v) is 12.3. The number of rotatable bonds is 6. The van der Waals surface area contributed by atoms with E-state index >= 15 is 0 Å². The summed E-state index contributed by atoms with van der Waals surface area (Å²) in [5.41, 5.74) is 1.03. The number of likely N-dealkylation sites (N-methyl/N-ethyl adjacent to an activating group) is 1. The molecular formula is C26H26F3N5OS. The van der Waals surface area contributed by atoms with Gasteiger partial charge in [0.1, 0.15) is 10.9 Å². The molecular weight excluding hydrogens is 487 g/mol. The standard InChI is InChI=1S/C26H26F3N5OS/c1-4-34-15-22(25(31-34)26(27,28)29)19-9-6-5-8-18(19)21-14-33(24(35)10-7-11-32(2)3)16-23-20(21)12-17(13-30)36-23/h5-10,12,15,21H,4,11,14,16H2,1-3H3/b10-7+. The van der Waals surface area contributed by atoms with E-state index in [-0.39, 0.29) is 17.4 Å². The van der Waals surface area contributed by atoms with Crippen molar-refractivity contribution in [1.82, 2.24) is 19.6 Å². The lowest BCUT2D eigenvalue weighted by Gasteiger charge is -2.33. The second-order valence-corrected chi connectivity index (χ2v) is 10.0. The molecule has 188 valence electrons. The van der Waals surface area contributed by atoms with Crippen molar-refractivity contribution in [3.63, 3.8) is 0 Å². The Morgan fingerprint density at radius 2 is 2.03 bits per heavy atom. The fraction of sp³-hybridized carbons (Fsp3) is 0.346. The Bertz CT molecular complexity index is 1330. The summed E-state index contributed by atoms with van der Waals surface area (Å²) >= 11 is 1.32. The summed E-state index contributed by atoms with van der Waals surface area (Å²) in [6, 6.07) is 10.9. The number of thiophene rings is 1. The largest absolute Gasteiger partial charge is 0.435 e. The Hall–Kier alpha value is -3.42. The van der Waals surface area contributed by atoms with Crippen LogP contribution < -0.4 is 0 Å². The van der Waals surface area contributed by atoms with Crippen molar-refractivity contribution in [1.29, 1.82) is 5.26 Å². The highest BCUT2D eigenvalue weighted by atomic mass is 32.1. The number of aryl methyl sites for hydroxylation is 1. The van der Waals surface area contributed by atoms with E-state index in [2.05, 4.69) is 11.2 Å². The first-order valence-electron chi connectivity index (χ1n) is 11.5. The van der Waals surface area contributed by atoms with Gasteiger partial charge in [0.2, 0.25) is 5.91 Å². The average Bonchev–Trinajstić information content (AvgIpc) is 3.47. The van der Waals surface area contributed by atoms with Crippen molar-refractivity contribution in [3.05, 3.63) is 75.3 Å². The number of aromatic nitrogens is 2. The van der Waals surface area contributed by atoms with Crippen LogP contribution in [0.15, 0.2) is 48.7 Å². The molecule has 4 rings (SSSR count). The number of carbonyl (C=O) groups is 1. The molecule has 1 unspecified atom stereocenters. The van der Waals surface area contributed by atoms with E-state index in [1.54, 1.807) is 48.2 Å². The van der Waals surface area contributed by atoms with Gasteiger partial charge in [0, 0.05) is 48.3 Å². The van der Waals surface area contributed by atoms with Gasteiger partial charge in [-0.2, -0.15) is 23.5 Å². The maximum Gasteiger partial charge on any atom is 0.435 e. The number of carbonyl (C=O) groups excluding carboxylic acids is 1. The molecule has 0 fully saturated rings. The highest BCUT2D eigenvalue weighted by Gasteiger charge is 2.39. The Morgan fingerprint density at radius 1 is 1.28 bits per heavy atom. The van der Waals surface area contributed by atoms with Crippen molar-refractivity contribution in [2.45, 2.75) is 32.1 Å². The molecule has 1 atom stereocenters. The van der Waals surface area contributed by atoms with E-state index in [4.69, 9.17) is 0 Å². The number of alkyl halides is 3. The first kappa shape index (κ1) is 25.7. The van der Waals surface area contributed by atoms with E-state index < -0.39 is 11.9 Å². The topological polar surface area (TPSA) is 65.2 Å². The quantitative estimate of drug-likeness (QED) is 0.430. The zero-order valence-electron chi connectivity index (χ0n) is 20.2. The number of amides is 1. The summed E-state index contributed by atoms with van der Waals surface area (Å²) in [6.45, 7) is 3.29. The number of benzene rings is 1. The smallest absolute Gasteiger partial charge is 0.333 e. The highest BCUT2D eigenvalue weighted by Crippen LogP contribution is 2.44. The summed E-state index contributed by atoms with van der Waals surface area (Å²) < 4.78 is 43.0. The van der Waals surface area contributed by atoms with Gasteiger partial charge in [0.25, 0.3) is 0 Å². The minimum atomic E-state index is -4.61. The maximum atomic E-state index is 13.9. The number of nitrogens with zero attached hydrogens (tertiary/aromatic N) is 5. The summed E-state index contributed by atoms with van der Waals surface area (Å²) in [5, 5.41) is 13.3. The third kappa shape index (κ3) is 5.22. The molecule has 1 aliphatic rings. The molecule has 0 saturated heterocycles. The van der Waals surface area contributed by atoms with Crippen LogP contribution in [0.1, 0.15) is 39.4 Å². The Labute approximate surface area is 211 Å². The Kier molecular flexibility index (Phi) is 7.33. The molecule has 0 N–H and O–H groups in total. The van der Waals surface area contributed by atoms with Crippen LogP contribution in [0, 0.1) is 11.3 Å². The maximum absolute atomic E-state index is 13.9. The lowest BCUT2D eigenvalue weighted by Crippen LogP contribution is -2.37. The van der Waals surface area contributed by atoms with Gasteiger partial charge in [-0.1, -0.05) is 30.3 Å². The number of fused-ring (bicyclic) bond motifs is 1. The number of hydrogen-bond donors (Lipinski definition) is 0. The predicted molar refractivity (Wildman–Crippen MR) is 132 cm³/mol.